The van der Waals surface area contributed by atoms with Gasteiger partial charge in [0.15, 0.2) is 0 Å². The number of anilines is 1. The van der Waals surface area contributed by atoms with Crippen LogP contribution in [-0.2, 0) is 27.2 Å². The Bertz CT molecular complexity index is 878. The second-order valence-corrected chi connectivity index (χ2v) is 8.62. The van der Waals surface area contributed by atoms with Gasteiger partial charge in [0.05, 0.1) is 13.2 Å². The minimum atomic E-state index is -0.511. The van der Waals surface area contributed by atoms with Crippen LogP contribution in [0.5, 0.6) is 5.75 Å². The van der Waals surface area contributed by atoms with Crippen LogP contribution < -0.4 is 15.4 Å². The van der Waals surface area contributed by atoms with E-state index in [1.54, 1.807) is 0 Å². The first-order chi connectivity index (χ1) is 16.2. The maximum Gasteiger partial charge on any atom is 0.407 e. The van der Waals surface area contributed by atoms with Crippen molar-refractivity contribution in [2.75, 3.05) is 31.7 Å². The van der Waals surface area contributed by atoms with E-state index in [0.29, 0.717) is 26.4 Å². The highest BCUT2D eigenvalue weighted by Gasteiger charge is 2.15. The Morgan fingerprint density at radius 3 is 2.47 bits per heavy atom. The van der Waals surface area contributed by atoms with Crippen LogP contribution in [0.4, 0.5) is 10.5 Å². The van der Waals surface area contributed by atoms with E-state index in [1.807, 2.05) is 45.0 Å². The number of benzene rings is 2. The van der Waals surface area contributed by atoms with Gasteiger partial charge in [-0.3, -0.25) is 0 Å². The standard InChI is InChI=1S/C25H36N2O4.C2H4O/c1-6-21-17-22(11-10-19(21)2)26-12-13-29-14-15-30-23-9-7-8-20(16-23)18-27-24(28)31-25(3,4)5;1-2-3/h7-11,16-17,26H,6,12-15,18H2,1-5H3,(H,27,28);2H,1H3. The largest absolute Gasteiger partial charge is 0.491 e. The normalized spacial score (nSPS) is 10.5. The molecule has 2 aromatic carbocycles. The quantitative estimate of drug-likeness (QED) is 0.341. The van der Waals surface area contributed by atoms with Crippen LogP contribution in [0.15, 0.2) is 42.5 Å². The fourth-order valence-electron chi connectivity index (χ4n) is 2.98. The number of nitrogens with one attached hydrogen (secondary N) is 2. The van der Waals surface area contributed by atoms with Gasteiger partial charge < -0.3 is 29.6 Å². The van der Waals surface area contributed by atoms with Gasteiger partial charge in [-0.05, 0) is 82.0 Å². The summed E-state index contributed by atoms with van der Waals surface area (Å²) >= 11 is 0. The van der Waals surface area contributed by atoms with E-state index in [0.717, 1.165) is 36.3 Å². The first kappa shape index (κ1) is 29.0. The molecule has 2 aromatic rings. The number of hydrogen-bond acceptors (Lipinski definition) is 6. The van der Waals surface area contributed by atoms with Crippen molar-refractivity contribution >= 4 is 18.1 Å². The number of ether oxygens (including phenoxy) is 3. The fraction of sp³-hybridized carbons (Fsp3) is 0.481. The first-order valence-electron chi connectivity index (χ1n) is 11.7. The molecule has 0 aliphatic carbocycles. The van der Waals surface area contributed by atoms with Crippen molar-refractivity contribution in [3.8, 4) is 5.75 Å². The third kappa shape index (κ3) is 12.8. The van der Waals surface area contributed by atoms with Crippen LogP contribution in [0.3, 0.4) is 0 Å². The highest BCUT2D eigenvalue weighted by molar-refractivity contribution is 5.67. The Kier molecular flexibility index (Phi) is 13.4. The maximum atomic E-state index is 11.8. The van der Waals surface area contributed by atoms with Crippen molar-refractivity contribution in [2.45, 2.75) is 60.1 Å². The number of rotatable bonds is 11. The minimum Gasteiger partial charge on any atom is -0.491 e. The molecule has 0 aliphatic rings. The number of aldehydes is 1. The molecule has 0 heterocycles. The van der Waals surface area contributed by atoms with Crippen LogP contribution >= 0.6 is 0 Å². The summed E-state index contributed by atoms with van der Waals surface area (Å²) in [5.74, 6) is 0.747. The molecule has 0 spiro atoms. The Hall–Kier alpha value is -3.06. The number of carbonyl (C=O) groups excluding carboxylic acids is 2. The summed E-state index contributed by atoms with van der Waals surface area (Å²) in [6.45, 7) is 14.0. The summed E-state index contributed by atoms with van der Waals surface area (Å²) in [4.78, 5) is 20.6. The van der Waals surface area contributed by atoms with Crippen LogP contribution in [0.25, 0.3) is 0 Å². The first-order valence-corrected chi connectivity index (χ1v) is 11.7. The van der Waals surface area contributed by atoms with Gasteiger partial charge in [0.25, 0.3) is 0 Å². The van der Waals surface area contributed by atoms with Gasteiger partial charge in [0.1, 0.15) is 24.2 Å². The summed E-state index contributed by atoms with van der Waals surface area (Å²) in [5.41, 5.74) is 4.24. The Morgan fingerprint density at radius 1 is 1.06 bits per heavy atom. The Labute approximate surface area is 204 Å². The number of amides is 1. The number of aryl methyl sites for hydroxylation is 2. The SMILES string of the molecule is CC=O.CCc1cc(NCCOCCOc2cccc(CNC(=O)OC(C)(C)C)c2)ccc1C. The predicted octanol–water partition coefficient (Wildman–Crippen LogP) is 5.29. The van der Waals surface area contributed by atoms with Crippen molar-refractivity contribution in [2.24, 2.45) is 0 Å². The Morgan fingerprint density at radius 2 is 1.79 bits per heavy atom. The molecule has 188 valence electrons. The smallest absolute Gasteiger partial charge is 0.407 e. The highest BCUT2D eigenvalue weighted by Crippen LogP contribution is 2.16. The Balaban J connectivity index is 0.00000182. The molecule has 0 unspecified atom stereocenters. The molecule has 0 saturated carbocycles. The highest BCUT2D eigenvalue weighted by atomic mass is 16.6. The van der Waals surface area contributed by atoms with Crippen LogP contribution in [0.1, 0.15) is 51.3 Å². The molecular weight excluding hydrogens is 432 g/mol. The zero-order chi connectivity index (χ0) is 25.4. The molecule has 0 atom stereocenters. The lowest BCUT2D eigenvalue weighted by Gasteiger charge is -2.19. The third-order valence-corrected chi connectivity index (χ3v) is 4.54. The topological polar surface area (TPSA) is 85.9 Å². The molecular formula is C27H40N2O5. The molecule has 0 fully saturated rings. The van der Waals surface area contributed by atoms with Crippen molar-refractivity contribution in [1.29, 1.82) is 0 Å². The van der Waals surface area contributed by atoms with Crippen molar-refractivity contribution in [1.82, 2.24) is 5.32 Å². The van der Waals surface area contributed by atoms with E-state index in [4.69, 9.17) is 19.0 Å². The van der Waals surface area contributed by atoms with Crippen molar-refractivity contribution in [3.05, 3.63) is 59.2 Å². The fourth-order valence-corrected chi connectivity index (χ4v) is 2.98. The summed E-state index contributed by atoms with van der Waals surface area (Å²) in [7, 11) is 0. The van der Waals surface area contributed by atoms with Gasteiger partial charge in [-0.15, -0.1) is 0 Å². The molecule has 1 amide bonds. The van der Waals surface area contributed by atoms with Crippen LogP contribution in [0.2, 0.25) is 0 Å². The predicted molar refractivity (Wildman–Crippen MR) is 137 cm³/mol. The summed E-state index contributed by atoms with van der Waals surface area (Å²) < 4.78 is 16.6. The molecule has 0 saturated heterocycles. The van der Waals surface area contributed by atoms with Gasteiger partial charge in [0, 0.05) is 18.8 Å². The summed E-state index contributed by atoms with van der Waals surface area (Å²) in [6, 6.07) is 14.1. The van der Waals surface area contributed by atoms with Crippen LogP contribution in [0, 0.1) is 6.92 Å². The lowest BCUT2D eigenvalue weighted by molar-refractivity contribution is -0.106. The van der Waals surface area contributed by atoms with Crippen molar-refractivity contribution in [3.63, 3.8) is 0 Å². The van der Waals surface area contributed by atoms with E-state index in [-0.39, 0.29) is 0 Å². The molecule has 0 aromatic heterocycles. The van der Waals surface area contributed by atoms with Crippen molar-refractivity contribution < 1.29 is 23.8 Å². The van der Waals surface area contributed by atoms with E-state index < -0.39 is 11.7 Å². The van der Waals surface area contributed by atoms with E-state index in [1.165, 1.54) is 18.1 Å². The lowest BCUT2D eigenvalue weighted by atomic mass is 10.1. The van der Waals surface area contributed by atoms with E-state index >= 15 is 0 Å². The van der Waals surface area contributed by atoms with Gasteiger partial charge >= 0.3 is 6.09 Å². The van der Waals surface area contributed by atoms with E-state index in [9.17, 15) is 4.79 Å². The van der Waals surface area contributed by atoms with Crippen LogP contribution in [-0.4, -0.2) is 44.3 Å². The molecule has 7 nitrogen and oxygen atoms in total. The zero-order valence-electron chi connectivity index (χ0n) is 21.4. The molecule has 0 radical (unpaired) electrons. The molecule has 0 bridgehead atoms. The number of alkyl carbamates (subject to hydrolysis) is 1. The molecule has 2 N–H and O–H groups in total. The molecule has 7 heteroatoms. The van der Waals surface area contributed by atoms with Gasteiger partial charge in [-0.25, -0.2) is 4.79 Å². The monoisotopic (exact) mass is 472 g/mol. The summed E-state index contributed by atoms with van der Waals surface area (Å²) in [5, 5.41) is 6.14. The average Bonchev–Trinajstić information content (AvgIpc) is 2.78. The zero-order valence-corrected chi connectivity index (χ0v) is 21.4. The van der Waals surface area contributed by atoms with Gasteiger partial charge in [0.2, 0.25) is 0 Å². The van der Waals surface area contributed by atoms with Gasteiger partial charge in [-0.2, -0.15) is 0 Å². The lowest BCUT2D eigenvalue weighted by Crippen LogP contribution is -2.32. The second kappa shape index (κ2) is 15.7. The summed E-state index contributed by atoms with van der Waals surface area (Å²) in [6.07, 6.45) is 1.35. The third-order valence-electron chi connectivity index (χ3n) is 4.54. The molecule has 2 rings (SSSR count). The molecule has 0 aliphatic heterocycles. The van der Waals surface area contributed by atoms with E-state index in [2.05, 4.69) is 42.7 Å². The second-order valence-electron chi connectivity index (χ2n) is 8.62. The number of hydrogen-bond donors (Lipinski definition) is 2. The average molecular weight is 473 g/mol. The molecule has 34 heavy (non-hydrogen) atoms. The number of carbonyl (C=O) groups is 2. The minimum absolute atomic E-state index is 0.382. The van der Waals surface area contributed by atoms with Gasteiger partial charge in [-0.1, -0.05) is 25.1 Å². The maximum absolute atomic E-state index is 11.8.